The molecule has 6 heteroatoms. The molecule has 0 heterocycles. The standard InChI is InChI=1S/C20H23ClN2O3/c1-13(2)26-19-8-6-5-7-17(19)22-20(25)12-23(15(4)24)18-11-16(21)10-9-14(18)3/h5-11,13H,12H2,1-4H3,(H,22,25). The van der Waals surface area contributed by atoms with E-state index < -0.39 is 0 Å². The van der Waals surface area contributed by atoms with Gasteiger partial charge in [-0.1, -0.05) is 29.8 Å². The van der Waals surface area contributed by atoms with Crippen LogP contribution >= 0.6 is 11.6 Å². The highest BCUT2D eigenvalue weighted by Gasteiger charge is 2.19. The quantitative estimate of drug-likeness (QED) is 0.813. The average Bonchev–Trinajstić information content (AvgIpc) is 2.56. The van der Waals surface area contributed by atoms with Gasteiger partial charge in [0, 0.05) is 17.6 Å². The molecule has 0 saturated carbocycles. The lowest BCUT2D eigenvalue weighted by molar-refractivity contribution is -0.120. The summed E-state index contributed by atoms with van der Waals surface area (Å²) < 4.78 is 5.71. The fourth-order valence-electron chi connectivity index (χ4n) is 2.50. The van der Waals surface area contributed by atoms with E-state index in [2.05, 4.69) is 5.32 Å². The van der Waals surface area contributed by atoms with Crippen LogP contribution in [0.15, 0.2) is 42.5 Å². The number of nitrogens with zero attached hydrogens (tertiary/aromatic N) is 1. The highest BCUT2D eigenvalue weighted by Crippen LogP contribution is 2.26. The number of benzene rings is 2. The molecule has 2 aromatic rings. The number of hydrogen-bond donors (Lipinski definition) is 1. The minimum Gasteiger partial charge on any atom is -0.489 e. The summed E-state index contributed by atoms with van der Waals surface area (Å²) in [7, 11) is 0. The van der Waals surface area contributed by atoms with Crippen molar-refractivity contribution < 1.29 is 14.3 Å². The molecule has 0 spiro atoms. The van der Waals surface area contributed by atoms with Crippen LogP contribution in [0.2, 0.25) is 5.02 Å². The molecule has 0 aromatic heterocycles. The van der Waals surface area contributed by atoms with Crippen LogP contribution in [0.4, 0.5) is 11.4 Å². The van der Waals surface area contributed by atoms with Crippen LogP contribution in [-0.2, 0) is 9.59 Å². The largest absolute Gasteiger partial charge is 0.489 e. The molecule has 0 aliphatic heterocycles. The fourth-order valence-corrected chi connectivity index (χ4v) is 2.67. The van der Waals surface area contributed by atoms with Crippen LogP contribution in [0.3, 0.4) is 0 Å². The number of carbonyl (C=O) groups is 2. The Morgan fingerprint density at radius 1 is 1.19 bits per heavy atom. The average molecular weight is 375 g/mol. The number of nitrogens with one attached hydrogen (secondary N) is 1. The second-order valence-corrected chi connectivity index (χ2v) is 6.68. The molecule has 2 amide bonds. The normalized spacial score (nSPS) is 10.5. The Kier molecular flexibility index (Phi) is 6.64. The van der Waals surface area contributed by atoms with Crippen molar-refractivity contribution in [1.82, 2.24) is 0 Å². The SMILES string of the molecule is CC(=O)N(CC(=O)Nc1ccccc1OC(C)C)c1cc(Cl)ccc1C. The van der Waals surface area contributed by atoms with Crippen LogP contribution < -0.4 is 15.0 Å². The van der Waals surface area contributed by atoms with Crippen molar-refractivity contribution in [3.63, 3.8) is 0 Å². The first-order valence-corrected chi connectivity index (χ1v) is 8.75. The van der Waals surface area contributed by atoms with E-state index >= 15 is 0 Å². The lowest BCUT2D eigenvalue weighted by Crippen LogP contribution is -2.37. The Balaban J connectivity index is 2.19. The third-order valence-electron chi connectivity index (χ3n) is 3.67. The maximum Gasteiger partial charge on any atom is 0.244 e. The van der Waals surface area contributed by atoms with Crippen LogP contribution in [0.25, 0.3) is 0 Å². The Morgan fingerprint density at radius 3 is 2.54 bits per heavy atom. The van der Waals surface area contributed by atoms with Crippen LogP contribution in [0, 0.1) is 6.92 Å². The molecule has 26 heavy (non-hydrogen) atoms. The molecule has 138 valence electrons. The number of rotatable bonds is 6. The second kappa shape index (κ2) is 8.72. The van der Waals surface area contributed by atoms with E-state index in [1.807, 2.05) is 39.0 Å². The smallest absolute Gasteiger partial charge is 0.244 e. The minimum atomic E-state index is -0.320. The van der Waals surface area contributed by atoms with Crippen LogP contribution in [-0.4, -0.2) is 24.5 Å². The zero-order chi connectivity index (χ0) is 19.3. The van der Waals surface area contributed by atoms with E-state index in [-0.39, 0.29) is 24.5 Å². The number of aryl methyl sites for hydroxylation is 1. The summed E-state index contributed by atoms with van der Waals surface area (Å²) in [4.78, 5) is 26.0. The lowest BCUT2D eigenvalue weighted by Gasteiger charge is -2.23. The number of hydrogen-bond acceptors (Lipinski definition) is 3. The highest BCUT2D eigenvalue weighted by molar-refractivity contribution is 6.31. The predicted octanol–water partition coefficient (Wildman–Crippen LogP) is 4.43. The van der Waals surface area contributed by atoms with Gasteiger partial charge in [-0.25, -0.2) is 0 Å². The molecular weight excluding hydrogens is 352 g/mol. The van der Waals surface area contributed by atoms with Crippen LogP contribution in [0.5, 0.6) is 5.75 Å². The number of carbonyl (C=O) groups excluding carboxylic acids is 2. The van der Waals surface area contributed by atoms with Gasteiger partial charge >= 0.3 is 0 Å². The third-order valence-corrected chi connectivity index (χ3v) is 3.90. The number of anilines is 2. The Labute approximate surface area is 158 Å². The summed E-state index contributed by atoms with van der Waals surface area (Å²) in [6, 6.07) is 12.5. The summed E-state index contributed by atoms with van der Waals surface area (Å²) in [5.74, 6) is 0.0285. The number of halogens is 1. The van der Waals surface area contributed by atoms with Crippen molar-refractivity contribution in [3.05, 3.63) is 53.1 Å². The molecular formula is C20H23ClN2O3. The number of ether oxygens (including phenoxy) is 1. The lowest BCUT2D eigenvalue weighted by atomic mass is 10.1. The van der Waals surface area contributed by atoms with Crippen molar-refractivity contribution in [2.45, 2.75) is 33.8 Å². The van der Waals surface area contributed by atoms with Gasteiger partial charge in [-0.2, -0.15) is 0 Å². The van der Waals surface area contributed by atoms with Crippen molar-refractivity contribution in [1.29, 1.82) is 0 Å². The first kappa shape index (κ1) is 19.8. The van der Waals surface area contributed by atoms with Gasteiger partial charge in [0.1, 0.15) is 12.3 Å². The van der Waals surface area contributed by atoms with E-state index in [9.17, 15) is 9.59 Å². The monoisotopic (exact) mass is 374 g/mol. The Bertz CT molecular complexity index is 805. The van der Waals surface area contributed by atoms with E-state index in [1.54, 1.807) is 24.3 Å². The van der Waals surface area contributed by atoms with E-state index in [4.69, 9.17) is 16.3 Å². The topological polar surface area (TPSA) is 58.6 Å². The van der Waals surface area contributed by atoms with Crippen LogP contribution in [0.1, 0.15) is 26.3 Å². The molecule has 5 nitrogen and oxygen atoms in total. The molecule has 0 unspecified atom stereocenters. The summed E-state index contributed by atoms with van der Waals surface area (Å²) >= 11 is 6.05. The molecule has 2 rings (SSSR count). The zero-order valence-corrected chi connectivity index (χ0v) is 16.1. The van der Waals surface area contributed by atoms with E-state index in [0.29, 0.717) is 22.1 Å². The molecule has 0 bridgehead atoms. The first-order chi connectivity index (χ1) is 12.3. The van der Waals surface area contributed by atoms with Gasteiger partial charge in [0.05, 0.1) is 11.8 Å². The summed E-state index contributed by atoms with van der Waals surface area (Å²) in [5, 5.41) is 3.32. The summed E-state index contributed by atoms with van der Waals surface area (Å²) in [5.41, 5.74) is 2.05. The van der Waals surface area contributed by atoms with Gasteiger partial charge < -0.3 is 15.0 Å². The highest BCUT2D eigenvalue weighted by atomic mass is 35.5. The molecule has 1 N–H and O–H groups in total. The maximum absolute atomic E-state index is 12.5. The molecule has 2 aromatic carbocycles. The van der Waals surface area contributed by atoms with Gasteiger partial charge in [0.25, 0.3) is 0 Å². The van der Waals surface area contributed by atoms with Crippen molar-refractivity contribution in [3.8, 4) is 5.75 Å². The molecule has 0 aliphatic rings. The fraction of sp³-hybridized carbons (Fsp3) is 0.300. The summed E-state index contributed by atoms with van der Waals surface area (Å²) in [6.07, 6.45) is -0.0177. The predicted molar refractivity (Wildman–Crippen MR) is 105 cm³/mol. The number of amides is 2. The zero-order valence-electron chi connectivity index (χ0n) is 15.4. The molecule has 0 fully saturated rings. The molecule has 0 aliphatic carbocycles. The molecule has 0 saturated heterocycles. The third kappa shape index (κ3) is 5.23. The van der Waals surface area contributed by atoms with Crippen molar-refractivity contribution >= 4 is 34.8 Å². The molecule has 0 radical (unpaired) electrons. The minimum absolute atomic E-state index is 0.0177. The van der Waals surface area contributed by atoms with E-state index in [0.717, 1.165) is 5.56 Å². The van der Waals surface area contributed by atoms with Gasteiger partial charge in [-0.15, -0.1) is 0 Å². The van der Waals surface area contributed by atoms with Crippen molar-refractivity contribution in [2.75, 3.05) is 16.8 Å². The number of para-hydroxylation sites is 2. The van der Waals surface area contributed by atoms with Gasteiger partial charge in [0.2, 0.25) is 11.8 Å². The van der Waals surface area contributed by atoms with E-state index in [1.165, 1.54) is 11.8 Å². The first-order valence-electron chi connectivity index (χ1n) is 8.37. The van der Waals surface area contributed by atoms with Gasteiger partial charge in [0.15, 0.2) is 0 Å². The summed E-state index contributed by atoms with van der Waals surface area (Å²) in [6.45, 7) is 7.00. The second-order valence-electron chi connectivity index (χ2n) is 6.25. The Morgan fingerprint density at radius 2 is 1.88 bits per heavy atom. The van der Waals surface area contributed by atoms with Gasteiger partial charge in [-0.05, 0) is 50.6 Å². The van der Waals surface area contributed by atoms with Crippen molar-refractivity contribution in [2.24, 2.45) is 0 Å². The maximum atomic E-state index is 12.5. The molecule has 0 atom stereocenters. The van der Waals surface area contributed by atoms with Gasteiger partial charge in [-0.3, -0.25) is 9.59 Å². The Hall–Kier alpha value is -2.53.